The van der Waals surface area contributed by atoms with Crippen LogP contribution in [0.4, 0.5) is 0 Å². The van der Waals surface area contributed by atoms with Crippen molar-refractivity contribution in [2.75, 3.05) is 7.11 Å². The molecule has 1 aromatic heterocycles. The number of hydrogen-bond acceptors (Lipinski definition) is 4. The molecular formula is C23H22ClN3O2. The van der Waals surface area contributed by atoms with E-state index in [-0.39, 0.29) is 0 Å². The fourth-order valence-corrected chi connectivity index (χ4v) is 3.36. The molecule has 0 atom stereocenters. The molecule has 0 aliphatic heterocycles. The van der Waals surface area contributed by atoms with Gasteiger partial charge in [-0.15, -0.1) is 0 Å². The van der Waals surface area contributed by atoms with Gasteiger partial charge in [0, 0.05) is 11.6 Å². The Hall–Kier alpha value is -3.02. The van der Waals surface area contributed by atoms with Crippen LogP contribution in [0.2, 0.25) is 5.02 Å². The summed E-state index contributed by atoms with van der Waals surface area (Å²) >= 11 is 6.03. The summed E-state index contributed by atoms with van der Waals surface area (Å²) in [7, 11) is 1.65. The van der Waals surface area contributed by atoms with Gasteiger partial charge in [-0.25, -0.2) is 4.98 Å². The Bertz CT molecular complexity index is 1080. The lowest BCUT2D eigenvalue weighted by Crippen LogP contribution is -2.13. The van der Waals surface area contributed by atoms with Crippen LogP contribution in [0.1, 0.15) is 17.0 Å². The average molecular weight is 408 g/mol. The molecule has 4 rings (SSSR count). The second kappa shape index (κ2) is 8.99. The minimum atomic E-state index is 0.431. The van der Waals surface area contributed by atoms with Gasteiger partial charge in [0.05, 0.1) is 24.7 Å². The number of fused-ring (bicyclic) bond motifs is 1. The molecule has 0 radical (unpaired) electrons. The Balaban J connectivity index is 1.35. The van der Waals surface area contributed by atoms with Crippen LogP contribution >= 0.6 is 11.6 Å². The smallest absolute Gasteiger partial charge is 0.161 e. The number of nitrogens with zero attached hydrogens (tertiary/aromatic N) is 1. The van der Waals surface area contributed by atoms with Crippen LogP contribution in [0.3, 0.4) is 0 Å². The zero-order valence-electron chi connectivity index (χ0n) is 16.1. The fraction of sp³-hybridized carbons (Fsp3) is 0.174. The van der Waals surface area contributed by atoms with Crippen LogP contribution in [0.15, 0.2) is 66.7 Å². The molecule has 3 aromatic carbocycles. The molecule has 0 fully saturated rings. The maximum atomic E-state index is 6.03. The van der Waals surface area contributed by atoms with Crippen LogP contribution in [-0.4, -0.2) is 17.1 Å². The summed E-state index contributed by atoms with van der Waals surface area (Å²) in [5.41, 5.74) is 4.14. The van der Waals surface area contributed by atoms with E-state index < -0.39 is 0 Å². The van der Waals surface area contributed by atoms with Crippen LogP contribution < -0.4 is 14.8 Å². The van der Waals surface area contributed by atoms with Gasteiger partial charge in [-0.1, -0.05) is 41.9 Å². The van der Waals surface area contributed by atoms with Crippen molar-refractivity contribution in [3.63, 3.8) is 0 Å². The number of hydrogen-bond donors (Lipinski definition) is 2. The predicted molar refractivity (Wildman–Crippen MR) is 115 cm³/mol. The molecule has 4 aromatic rings. The largest absolute Gasteiger partial charge is 0.493 e. The summed E-state index contributed by atoms with van der Waals surface area (Å²) in [6.07, 6.45) is 0. The molecular weight excluding hydrogens is 386 g/mol. The Morgan fingerprint density at radius 1 is 0.931 bits per heavy atom. The zero-order chi connectivity index (χ0) is 20.1. The van der Waals surface area contributed by atoms with Gasteiger partial charge < -0.3 is 19.8 Å². The van der Waals surface area contributed by atoms with Gasteiger partial charge in [-0.3, -0.25) is 0 Å². The van der Waals surface area contributed by atoms with E-state index in [1.165, 1.54) is 0 Å². The lowest BCUT2D eigenvalue weighted by Gasteiger charge is -2.13. The molecule has 5 nitrogen and oxygen atoms in total. The Labute approximate surface area is 174 Å². The molecule has 0 amide bonds. The number of H-pyrrole nitrogens is 1. The van der Waals surface area contributed by atoms with E-state index in [1.54, 1.807) is 7.11 Å². The number of para-hydroxylation sites is 2. The van der Waals surface area contributed by atoms with Gasteiger partial charge in [0.15, 0.2) is 11.5 Å². The maximum absolute atomic E-state index is 6.03. The molecule has 0 unspecified atom stereocenters. The standard InChI is InChI=1S/C23H22ClN3O2/c1-28-22-12-16(9-10-21(22)29-15-17-5-4-6-18(24)11-17)13-25-14-23-26-19-7-2-3-8-20(19)27-23/h2-12,25H,13-15H2,1H3,(H,26,27). The molecule has 0 aliphatic carbocycles. The molecule has 148 valence electrons. The highest BCUT2D eigenvalue weighted by Gasteiger charge is 2.07. The first-order chi connectivity index (χ1) is 14.2. The lowest BCUT2D eigenvalue weighted by molar-refractivity contribution is 0.284. The van der Waals surface area contributed by atoms with Crippen molar-refractivity contribution in [1.29, 1.82) is 0 Å². The highest BCUT2D eigenvalue weighted by molar-refractivity contribution is 6.30. The van der Waals surface area contributed by atoms with Gasteiger partial charge in [0.2, 0.25) is 0 Å². The second-order valence-corrected chi connectivity index (χ2v) is 7.14. The van der Waals surface area contributed by atoms with Crippen molar-refractivity contribution in [2.45, 2.75) is 19.7 Å². The number of aromatic amines is 1. The van der Waals surface area contributed by atoms with E-state index in [1.807, 2.05) is 66.7 Å². The zero-order valence-corrected chi connectivity index (χ0v) is 16.9. The molecule has 2 N–H and O–H groups in total. The normalized spacial score (nSPS) is 11.0. The quantitative estimate of drug-likeness (QED) is 0.427. The van der Waals surface area contributed by atoms with Crippen molar-refractivity contribution in [3.8, 4) is 11.5 Å². The van der Waals surface area contributed by atoms with E-state index in [2.05, 4.69) is 15.3 Å². The maximum Gasteiger partial charge on any atom is 0.161 e. The monoisotopic (exact) mass is 407 g/mol. The van der Waals surface area contributed by atoms with Gasteiger partial charge in [-0.05, 0) is 47.5 Å². The number of benzene rings is 3. The number of ether oxygens (including phenoxy) is 2. The summed E-state index contributed by atoms with van der Waals surface area (Å²) in [4.78, 5) is 7.90. The van der Waals surface area contributed by atoms with Gasteiger partial charge in [-0.2, -0.15) is 0 Å². The topological polar surface area (TPSA) is 59.2 Å². The summed E-state index contributed by atoms with van der Waals surface area (Å²) in [6, 6.07) is 21.6. The van der Waals surface area contributed by atoms with Crippen molar-refractivity contribution in [2.24, 2.45) is 0 Å². The third-order valence-corrected chi connectivity index (χ3v) is 4.81. The van der Waals surface area contributed by atoms with Crippen molar-refractivity contribution in [1.82, 2.24) is 15.3 Å². The molecule has 0 saturated heterocycles. The molecule has 0 saturated carbocycles. The molecule has 0 spiro atoms. The van der Waals surface area contributed by atoms with Crippen LogP contribution in [0.5, 0.6) is 11.5 Å². The summed E-state index contributed by atoms with van der Waals surface area (Å²) in [5, 5.41) is 4.11. The van der Waals surface area contributed by atoms with E-state index in [0.29, 0.717) is 36.2 Å². The number of imidazole rings is 1. The summed E-state index contributed by atoms with van der Waals surface area (Å²) < 4.78 is 11.4. The highest BCUT2D eigenvalue weighted by atomic mass is 35.5. The molecule has 1 heterocycles. The fourth-order valence-electron chi connectivity index (χ4n) is 3.14. The number of rotatable bonds is 8. The first kappa shape index (κ1) is 19.3. The minimum Gasteiger partial charge on any atom is -0.493 e. The molecule has 0 bridgehead atoms. The third kappa shape index (κ3) is 4.88. The minimum absolute atomic E-state index is 0.431. The van der Waals surface area contributed by atoms with Gasteiger partial charge >= 0.3 is 0 Å². The molecule has 29 heavy (non-hydrogen) atoms. The van der Waals surface area contributed by atoms with E-state index in [4.69, 9.17) is 21.1 Å². The van der Waals surface area contributed by atoms with Gasteiger partial charge in [0.25, 0.3) is 0 Å². The summed E-state index contributed by atoms with van der Waals surface area (Å²) in [6.45, 7) is 1.78. The van der Waals surface area contributed by atoms with Crippen LogP contribution in [-0.2, 0) is 19.7 Å². The molecule has 0 aliphatic rings. The highest BCUT2D eigenvalue weighted by Crippen LogP contribution is 2.29. The lowest BCUT2D eigenvalue weighted by atomic mass is 10.2. The van der Waals surface area contributed by atoms with E-state index in [9.17, 15) is 0 Å². The van der Waals surface area contributed by atoms with Gasteiger partial charge in [0.1, 0.15) is 12.4 Å². The number of aromatic nitrogens is 2. The Morgan fingerprint density at radius 3 is 2.66 bits per heavy atom. The van der Waals surface area contributed by atoms with Crippen LogP contribution in [0.25, 0.3) is 11.0 Å². The second-order valence-electron chi connectivity index (χ2n) is 6.71. The number of methoxy groups -OCH3 is 1. The van der Waals surface area contributed by atoms with E-state index >= 15 is 0 Å². The first-order valence-corrected chi connectivity index (χ1v) is 9.77. The van der Waals surface area contributed by atoms with Crippen molar-refractivity contribution < 1.29 is 9.47 Å². The van der Waals surface area contributed by atoms with Crippen molar-refractivity contribution in [3.05, 3.63) is 88.7 Å². The summed E-state index contributed by atoms with van der Waals surface area (Å²) in [5.74, 6) is 2.32. The van der Waals surface area contributed by atoms with E-state index in [0.717, 1.165) is 28.0 Å². The SMILES string of the molecule is COc1cc(CNCc2nc3ccccc3[nH]2)ccc1OCc1cccc(Cl)c1. The Morgan fingerprint density at radius 2 is 1.83 bits per heavy atom. The Kier molecular flexibility index (Phi) is 5.98. The third-order valence-electron chi connectivity index (χ3n) is 4.57. The predicted octanol–water partition coefficient (Wildman–Crippen LogP) is 5.09. The number of nitrogens with one attached hydrogen (secondary N) is 2. The van der Waals surface area contributed by atoms with Crippen LogP contribution in [0, 0.1) is 0 Å². The van der Waals surface area contributed by atoms with Crippen molar-refractivity contribution >= 4 is 22.6 Å². The average Bonchev–Trinajstić information content (AvgIpc) is 3.15. The number of halogens is 1. The first-order valence-electron chi connectivity index (χ1n) is 9.40. The molecule has 6 heteroatoms.